The molecule has 0 N–H and O–H groups in total. The summed E-state index contributed by atoms with van der Waals surface area (Å²) in [5.74, 6) is -0.0762. The summed E-state index contributed by atoms with van der Waals surface area (Å²) in [4.78, 5) is 25.3. The Kier molecular flexibility index (Phi) is 5.45. The van der Waals surface area contributed by atoms with E-state index >= 15 is 0 Å². The van der Waals surface area contributed by atoms with E-state index in [1.54, 1.807) is 11.2 Å². The van der Waals surface area contributed by atoms with E-state index in [-0.39, 0.29) is 11.5 Å². The molecule has 1 aliphatic heterocycles. The highest BCUT2D eigenvalue weighted by Gasteiger charge is 2.25. The van der Waals surface area contributed by atoms with E-state index in [9.17, 15) is 9.18 Å². The Morgan fingerprint density at radius 2 is 1.79 bits per heavy atom. The average Bonchev–Trinajstić information content (AvgIpc) is 2.75. The predicted molar refractivity (Wildman–Crippen MR) is 112 cm³/mol. The van der Waals surface area contributed by atoms with Crippen LogP contribution in [-0.2, 0) is 0 Å². The lowest BCUT2D eigenvalue weighted by atomic mass is 10.1. The molecular formula is C22H20ClFN4O. The molecular weight excluding hydrogens is 391 g/mol. The van der Waals surface area contributed by atoms with Gasteiger partial charge in [-0.25, -0.2) is 14.4 Å². The number of hydrogen-bond donors (Lipinski definition) is 0. The molecule has 2 aromatic carbocycles. The average molecular weight is 411 g/mol. The van der Waals surface area contributed by atoms with Crippen molar-refractivity contribution < 1.29 is 9.18 Å². The number of carbonyl (C=O) groups is 1. The van der Waals surface area contributed by atoms with Gasteiger partial charge in [0.1, 0.15) is 18.0 Å². The van der Waals surface area contributed by atoms with Crippen molar-refractivity contribution in [1.29, 1.82) is 0 Å². The second kappa shape index (κ2) is 8.17. The standard InChI is InChI=1S/C22H20ClFN4O/c1-15-4-2-3-5-17(15)20-13-21(26-14-25-20)27-8-10-28(11-9-27)22(29)18-12-16(23)6-7-19(18)24/h2-7,12-14H,8-11H2,1H3. The first-order valence-electron chi connectivity index (χ1n) is 9.40. The van der Waals surface area contributed by atoms with Gasteiger partial charge in [0, 0.05) is 42.8 Å². The molecule has 0 unspecified atom stereocenters. The third kappa shape index (κ3) is 4.07. The number of benzene rings is 2. The summed E-state index contributed by atoms with van der Waals surface area (Å²) in [7, 11) is 0. The number of amides is 1. The number of hydrogen-bond acceptors (Lipinski definition) is 4. The molecule has 0 saturated carbocycles. The normalized spacial score (nSPS) is 14.2. The monoisotopic (exact) mass is 410 g/mol. The second-order valence-corrected chi connectivity index (χ2v) is 7.42. The molecule has 0 radical (unpaired) electrons. The Bertz CT molecular complexity index is 1050. The zero-order chi connectivity index (χ0) is 20.4. The Hall–Kier alpha value is -2.99. The molecule has 29 heavy (non-hydrogen) atoms. The van der Waals surface area contributed by atoms with Crippen molar-refractivity contribution in [2.24, 2.45) is 0 Å². The Labute approximate surface area is 173 Å². The Balaban J connectivity index is 1.48. The number of halogens is 2. The molecule has 5 nitrogen and oxygen atoms in total. The maximum Gasteiger partial charge on any atom is 0.257 e. The van der Waals surface area contributed by atoms with Gasteiger partial charge in [-0.3, -0.25) is 4.79 Å². The van der Waals surface area contributed by atoms with Crippen molar-refractivity contribution >= 4 is 23.3 Å². The van der Waals surface area contributed by atoms with E-state index in [0.29, 0.717) is 31.2 Å². The van der Waals surface area contributed by atoms with Crippen LogP contribution < -0.4 is 4.90 Å². The molecule has 1 aromatic heterocycles. The van der Waals surface area contributed by atoms with E-state index in [1.165, 1.54) is 18.2 Å². The van der Waals surface area contributed by atoms with Crippen molar-refractivity contribution in [1.82, 2.24) is 14.9 Å². The molecule has 1 fully saturated rings. The summed E-state index contributed by atoms with van der Waals surface area (Å²) < 4.78 is 14.0. The van der Waals surface area contributed by atoms with Crippen LogP contribution in [0.2, 0.25) is 5.02 Å². The van der Waals surface area contributed by atoms with Gasteiger partial charge in [0.25, 0.3) is 5.91 Å². The molecule has 1 amide bonds. The van der Waals surface area contributed by atoms with Crippen LogP contribution in [0.4, 0.5) is 10.2 Å². The number of aromatic nitrogens is 2. The lowest BCUT2D eigenvalue weighted by Crippen LogP contribution is -2.49. The van der Waals surface area contributed by atoms with Crippen LogP contribution in [0.5, 0.6) is 0 Å². The minimum absolute atomic E-state index is 0.00910. The van der Waals surface area contributed by atoms with Gasteiger partial charge in [0.05, 0.1) is 11.3 Å². The van der Waals surface area contributed by atoms with Gasteiger partial charge in [-0.05, 0) is 30.7 Å². The summed E-state index contributed by atoms with van der Waals surface area (Å²) in [6.45, 7) is 4.23. The molecule has 0 aliphatic carbocycles. The quantitative estimate of drug-likeness (QED) is 0.649. The smallest absolute Gasteiger partial charge is 0.257 e. The van der Waals surface area contributed by atoms with Gasteiger partial charge in [0.15, 0.2) is 0 Å². The van der Waals surface area contributed by atoms with Gasteiger partial charge in [0.2, 0.25) is 0 Å². The van der Waals surface area contributed by atoms with Crippen molar-refractivity contribution in [3.05, 3.63) is 76.8 Å². The van der Waals surface area contributed by atoms with Crippen LogP contribution in [-0.4, -0.2) is 47.0 Å². The topological polar surface area (TPSA) is 49.3 Å². The number of carbonyl (C=O) groups excluding carboxylic acids is 1. The number of aryl methyl sites for hydroxylation is 1. The third-order valence-corrected chi connectivity index (χ3v) is 5.36. The molecule has 1 saturated heterocycles. The number of piperazine rings is 1. The maximum atomic E-state index is 14.0. The first-order valence-corrected chi connectivity index (χ1v) is 9.78. The van der Waals surface area contributed by atoms with E-state index in [1.807, 2.05) is 24.3 Å². The fraction of sp³-hybridized carbons (Fsp3) is 0.227. The van der Waals surface area contributed by atoms with Crippen molar-refractivity contribution in [2.75, 3.05) is 31.1 Å². The Morgan fingerprint density at radius 1 is 1.03 bits per heavy atom. The Morgan fingerprint density at radius 3 is 2.55 bits per heavy atom. The zero-order valence-corrected chi connectivity index (χ0v) is 16.7. The summed E-state index contributed by atoms with van der Waals surface area (Å²) in [5.41, 5.74) is 3.10. The van der Waals surface area contributed by atoms with Crippen LogP contribution in [0.1, 0.15) is 15.9 Å². The lowest BCUT2D eigenvalue weighted by Gasteiger charge is -2.35. The van der Waals surface area contributed by atoms with Gasteiger partial charge in [-0.15, -0.1) is 0 Å². The number of anilines is 1. The first-order chi connectivity index (χ1) is 14.0. The first kappa shape index (κ1) is 19.3. The van der Waals surface area contributed by atoms with E-state index < -0.39 is 5.82 Å². The SMILES string of the molecule is Cc1ccccc1-c1cc(N2CCN(C(=O)c3cc(Cl)ccc3F)CC2)ncn1. The lowest BCUT2D eigenvalue weighted by molar-refractivity contribution is 0.0742. The summed E-state index contributed by atoms with van der Waals surface area (Å²) >= 11 is 5.92. The molecule has 0 bridgehead atoms. The molecule has 0 spiro atoms. The maximum absolute atomic E-state index is 14.0. The van der Waals surface area contributed by atoms with Crippen LogP contribution in [0, 0.1) is 12.7 Å². The van der Waals surface area contributed by atoms with Gasteiger partial charge < -0.3 is 9.80 Å². The second-order valence-electron chi connectivity index (χ2n) is 6.98. The minimum atomic E-state index is -0.555. The zero-order valence-electron chi connectivity index (χ0n) is 16.0. The summed E-state index contributed by atoms with van der Waals surface area (Å²) in [5, 5.41) is 0.345. The molecule has 148 valence electrons. The van der Waals surface area contributed by atoms with Crippen molar-refractivity contribution in [3.63, 3.8) is 0 Å². The number of nitrogens with zero attached hydrogens (tertiary/aromatic N) is 4. The van der Waals surface area contributed by atoms with E-state index in [0.717, 1.165) is 22.6 Å². The highest BCUT2D eigenvalue weighted by molar-refractivity contribution is 6.31. The molecule has 2 heterocycles. The minimum Gasteiger partial charge on any atom is -0.353 e. The fourth-order valence-corrected chi connectivity index (χ4v) is 3.67. The van der Waals surface area contributed by atoms with E-state index in [2.05, 4.69) is 27.9 Å². The van der Waals surface area contributed by atoms with Gasteiger partial charge in [-0.1, -0.05) is 35.9 Å². The highest BCUT2D eigenvalue weighted by Crippen LogP contribution is 2.25. The van der Waals surface area contributed by atoms with Crippen LogP contribution in [0.15, 0.2) is 54.9 Å². The van der Waals surface area contributed by atoms with Gasteiger partial charge >= 0.3 is 0 Å². The van der Waals surface area contributed by atoms with Gasteiger partial charge in [-0.2, -0.15) is 0 Å². The van der Waals surface area contributed by atoms with Crippen molar-refractivity contribution in [3.8, 4) is 11.3 Å². The largest absolute Gasteiger partial charge is 0.353 e. The van der Waals surface area contributed by atoms with Crippen LogP contribution in [0.3, 0.4) is 0 Å². The van der Waals surface area contributed by atoms with E-state index in [4.69, 9.17) is 11.6 Å². The summed E-state index contributed by atoms with van der Waals surface area (Å²) in [6, 6.07) is 14.1. The summed E-state index contributed by atoms with van der Waals surface area (Å²) in [6.07, 6.45) is 1.57. The number of rotatable bonds is 3. The predicted octanol–water partition coefficient (Wildman–Crippen LogP) is 4.21. The molecule has 3 aromatic rings. The molecule has 0 atom stereocenters. The molecule has 4 rings (SSSR count). The third-order valence-electron chi connectivity index (χ3n) is 5.12. The fourth-order valence-electron chi connectivity index (χ4n) is 3.50. The molecule has 7 heteroatoms. The highest BCUT2D eigenvalue weighted by atomic mass is 35.5. The van der Waals surface area contributed by atoms with Crippen molar-refractivity contribution in [2.45, 2.75) is 6.92 Å². The van der Waals surface area contributed by atoms with Crippen LogP contribution >= 0.6 is 11.6 Å². The van der Waals surface area contributed by atoms with Crippen LogP contribution in [0.25, 0.3) is 11.3 Å². The molecule has 1 aliphatic rings.